The van der Waals surface area contributed by atoms with Gasteiger partial charge in [-0.3, -0.25) is 0 Å². The molecule has 0 aliphatic carbocycles. The van der Waals surface area contributed by atoms with E-state index in [9.17, 15) is 0 Å². The Morgan fingerprint density at radius 3 is 2.90 bits per heavy atom. The molecule has 0 amide bonds. The van der Waals surface area contributed by atoms with Crippen LogP contribution in [0.4, 0.5) is 5.69 Å². The average Bonchev–Trinajstić information content (AvgIpc) is 3.08. The Labute approximate surface area is 125 Å². The maximum atomic E-state index is 3.47. The molecular weight excluding hydrogens is 264 g/mol. The quantitative estimate of drug-likeness (QED) is 0.812. The second-order valence-electron chi connectivity index (χ2n) is 5.35. The van der Waals surface area contributed by atoms with Gasteiger partial charge >= 0.3 is 0 Å². The maximum Gasteiger partial charge on any atom is 0.0523 e. The second kappa shape index (κ2) is 6.42. The lowest BCUT2D eigenvalue weighted by molar-refractivity contribution is 0.681. The third kappa shape index (κ3) is 3.05. The van der Waals surface area contributed by atoms with Gasteiger partial charge in [-0.2, -0.15) is 0 Å². The van der Waals surface area contributed by atoms with Crippen molar-refractivity contribution in [1.29, 1.82) is 0 Å². The summed E-state index contributed by atoms with van der Waals surface area (Å²) in [6.07, 6.45) is 2.38. The van der Waals surface area contributed by atoms with Crippen LogP contribution in [-0.4, -0.2) is 13.1 Å². The summed E-state index contributed by atoms with van der Waals surface area (Å²) in [4.78, 5) is 5.42. The van der Waals surface area contributed by atoms with Gasteiger partial charge in [-0.15, -0.1) is 11.3 Å². The molecule has 0 fully saturated rings. The zero-order chi connectivity index (χ0) is 13.8. The van der Waals surface area contributed by atoms with Crippen LogP contribution in [-0.2, 0) is 19.5 Å². The highest BCUT2D eigenvalue weighted by atomic mass is 32.1. The fourth-order valence-electron chi connectivity index (χ4n) is 2.75. The van der Waals surface area contributed by atoms with Crippen LogP contribution in [0.5, 0.6) is 0 Å². The molecule has 1 aromatic heterocycles. The van der Waals surface area contributed by atoms with E-state index in [4.69, 9.17) is 0 Å². The summed E-state index contributed by atoms with van der Waals surface area (Å²) in [7, 11) is 0. The first-order chi connectivity index (χ1) is 9.86. The molecule has 0 saturated heterocycles. The topological polar surface area (TPSA) is 15.3 Å². The van der Waals surface area contributed by atoms with E-state index >= 15 is 0 Å². The molecule has 1 aromatic carbocycles. The zero-order valence-electron chi connectivity index (χ0n) is 12.1. The van der Waals surface area contributed by atoms with Crippen molar-refractivity contribution in [2.24, 2.45) is 0 Å². The number of hydrogen-bond acceptors (Lipinski definition) is 3. The first kappa shape index (κ1) is 13.7. The highest BCUT2D eigenvalue weighted by Crippen LogP contribution is 2.30. The summed E-state index contributed by atoms with van der Waals surface area (Å²) in [6, 6.07) is 13.3. The maximum absolute atomic E-state index is 3.47. The molecule has 2 aromatic rings. The van der Waals surface area contributed by atoms with E-state index in [0.717, 1.165) is 26.2 Å². The van der Waals surface area contributed by atoms with Crippen molar-refractivity contribution in [2.75, 3.05) is 18.0 Å². The smallest absolute Gasteiger partial charge is 0.0523 e. The Morgan fingerprint density at radius 2 is 2.00 bits per heavy atom. The van der Waals surface area contributed by atoms with Crippen molar-refractivity contribution >= 4 is 17.0 Å². The van der Waals surface area contributed by atoms with E-state index in [1.54, 1.807) is 0 Å². The first-order valence-corrected chi connectivity index (χ1v) is 8.29. The van der Waals surface area contributed by atoms with Gasteiger partial charge in [0.05, 0.1) is 6.54 Å². The molecule has 0 saturated carbocycles. The second-order valence-corrected chi connectivity index (χ2v) is 6.60. The van der Waals surface area contributed by atoms with Crippen LogP contribution in [0.25, 0.3) is 0 Å². The van der Waals surface area contributed by atoms with E-state index in [-0.39, 0.29) is 0 Å². The van der Waals surface area contributed by atoms with E-state index in [1.165, 1.54) is 33.8 Å². The summed E-state index contributed by atoms with van der Waals surface area (Å²) >= 11 is 1.94. The van der Waals surface area contributed by atoms with Gasteiger partial charge in [0.2, 0.25) is 0 Å². The van der Waals surface area contributed by atoms with Crippen molar-refractivity contribution in [3.63, 3.8) is 0 Å². The summed E-state index contributed by atoms with van der Waals surface area (Å²) < 4.78 is 0. The standard InChI is InChI=1S/C17H22N2S/c1-2-10-18-12-15-7-8-16(20-15)13-19-11-9-14-5-3-4-6-17(14)19/h3-8,18H,2,9-13H2,1H3. The van der Waals surface area contributed by atoms with E-state index < -0.39 is 0 Å². The molecule has 0 bridgehead atoms. The van der Waals surface area contributed by atoms with Gasteiger partial charge < -0.3 is 10.2 Å². The number of rotatable bonds is 6. The number of anilines is 1. The van der Waals surface area contributed by atoms with Gasteiger partial charge in [-0.25, -0.2) is 0 Å². The molecule has 0 radical (unpaired) electrons. The Morgan fingerprint density at radius 1 is 1.15 bits per heavy atom. The molecule has 0 spiro atoms. The first-order valence-electron chi connectivity index (χ1n) is 7.48. The van der Waals surface area contributed by atoms with Crippen molar-refractivity contribution in [3.05, 3.63) is 51.7 Å². The minimum Gasteiger partial charge on any atom is -0.366 e. The number of thiophene rings is 1. The number of nitrogens with zero attached hydrogens (tertiary/aromatic N) is 1. The molecule has 0 unspecified atom stereocenters. The minimum absolute atomic E-state index is 1.01. The fourth-order valence-corrected chi connectivity index (χ4v) is 3.75. The van der Waals surface area contributed by atoms with Gasteiger partial charge in [-0.05, 0) is 43.1 Å². The highest BCUT2D eigenvalue weighted by Gasteiger charge is 2.18. The number of para-hydroxylation sites is 1. The predicted molar refractivity (Wildman–Crippen MR) is 87.5 cm³/mol. The Hall–Kier alpha value is -1.32. The molecule has 20 heavy (non-hydrogen) atoms. The van der Waals surface area contributed by atoms with Crippen molar-refractivity contribution in [2.45, 2.75) is 32.9 Å². The van der Waals surface area contributed by atoms with Crippen LogP contribution in [0.2, 0.25) is 0 Å². The molecule has 3 rings (SSSR count). The lowest BCUT2D eigenvalue weighted by Crippen LogP contribution is -2.18. The van der Waals surface area contributed by atoms with Crippen LogP contribution in [0.1, 0.15) is 28.7 Å². The van der Waals surface area contributed by atoms with E-state index in [0.29, 0.717) is 0 Å². The monoisotopic (exact) mass is 286 g/mol. The van der Waals surface area contributed by atoms with Crippen LogP contribution in [0.15, 0.2) is 36.4 Å². The number of fused-ring (bicyclic) bond motifs is 1. The van der Waals surface area contributed by atoms with Gasteiger partial charge in [0.1, 0.15) is 0 Å². The molecule has 106 valence electrons. The number of benzene rings is 1. The van der Waals surface area contributed by atoms with Crippen LogP contribution in [0.3, 0.4) is 0 Å². The summed E-state index contributed by atoms with van der Waals surface area (Å²) in [5, 5.41) is 3.47. The molecule has 0 atom stereocenters. The number of nitrogens with one attached hydrogen (secondary N) is 1. The lowest BCUT2D eigenvalue weighted by Gasteiger charge is -2.18. The van der Waals surface area contributed by atoms with Crippen molar-refractivity contribution in [1.82, 2.24) is 5.32 Å². The Balaban J connectivity index is 1.62. The molecule has 1 N–H and O–H groups in total. The number of hydrogen-bond donors (Lipinski definition) is 1. The van der Waals surface area contributed by atoms with Gasteiger partial charge in [0.25, 0.3) is 0 Å². The molecule has 3 heteroatoms. The largest absolute Gasteiger partial charge is 0.366 e. The molecule has 2 heterocycles. The van der Waals surface area contributed by atoms with E-state index in [2.05, 4.69) is 53.5 Å². The summed E-state index contributed by atoms with van der Waals surface area (Å²) in [5.41, 5.74) is 2.92. The zero-order valence-corrected chi connectivity index (χ0v) is 12.9. The van der Waals surface area contributed by atoms with Crippen LogP contribution >= 0.6 is 11.3 Å². The third-order valence-corrected chi connectivity index (χ3v) is 4.84. The Bertz CT molecular complexity index is 562. The normalized spacial score (nSPS) is 13.8. The fraction of sp³-hybridized carbons (Fsp3) is 0.412. The molecule has 1 aliphatic heterocycles. The van der Waals surface area contributed by atoms with Gasteiger partial charge in [0, 0.05) is 28.5 Å². The lowest BCUT2D eigenvalue weighted by atomic mass is 10.2. The predicted octanol–water partition coefficient (Wildman–Crippen LogP) is 3.81. The van der Waals surface area contributed by atoms with Crippen molar-refractivity contribution in [3.8, 4) is 0 Å². The summed E-state index contributed by atoms with van der Waals surface area (Å²) in [6.45, 7) is 6.52. The SMILES string of the molecule is CCCNCc1ccc(CN2CCc3ccccc32)s1. The highest BCUT2D eigenvalue weighted by molar-refractivity contribution is 7.12. The van der Waals surface area contributed by atoms with Crippen LogP contribution in [0, 0.1) is 0 Å². The Kier molecular flexibility index (Phi) is 4.38. The van der Waals surface area contributed by atoms with Crippen LogP contribution < -0.4 is 10.2 Å². The molecule has 1 aliphatic rings. The van der Waals surface area contributed by atoms with Gasteiger partial charge in [-0.1, -0.05) is 25.1 Å². The summed E-state index contributed by atoms with van der Waals surface area (Å²) in [5.74, 6) is 0. The minimum atomic E-state index is 1.01. The van der Waals surface area contributed by atoms with Crippen molar-refractivity contribution < 1.29 is 0 Å². The van der Waals surface area contributed by atoms with E-state index in [1.807, 2.05) is 11.3 Å². The molecule has 2 nitrogen and oxygen atoms in total. The average molecular weight is 286 g/mol. The van der Waals surface area contributed by atoms with Gasteiger partial charge in [0.15, 0.2) is 0 Å². The third-order valence-electron chi connectivity index (χ3n) is 3.77. The molecular formula is C17H22N2S.